The number of nitrogens with zero attached hydrogens (tertiary/aromatic N) is 1. The Balaban J connectivity index is 2.91. The summed E-state index contributed by atoms with van der Waals surface area (Å²) in [5.74, 6) is 0.162. The van der Waals surface area contributed by atoms with Gasteiger partial charge in [0, 0.05) is 6.54 Å². The molecule has 0 saturated heterocycles. The SMILES string of the molecule is CCOc1cc(CN(CC)CC(N)=O)cc(Br)c1O. The van der Waals surface area contributed by atoms with Gasteiger partial charge in [0.25, 0.3) is 0 Å². The van der Waals surface area contributed by atoms with Crippen LogP contribution in [0.5, 0.6) is 11.5 Å². The molecule has 0 fully saturated rings. The molecule has 0 saturated carbocycles. The lowest BCUT2D eigenvalue weighted by Crippen LogP contribution is -2.33. The molecule has 19 heavy (non-hydrogen) atoms. The van der Waals surface area contributed by atoms with E-state index in [1.165, 1.54) is 0 Å². The highest BCUT2D eigenvalue weighted by molar-refractivity contribution is 9.10. The molecular weight excluding hydrogens is 312 g/mol. The maximum Gasteiger partial charge on any atom is 0.231 e. The first-order chi connectivity index (χ1) is 8.97. The summed E-state index contributed by atoms with van der Waals surface area (Å²) in [7, 11) is 0. The van der Waals surface area contributed by atoms with Crippen LogP contribution in [0, 0.1) is 0 Å². The van der Waals surface area contributed by atoms with Crippen molar-refractivity contribution < 1.29 is 14.6 Å². The van der Waals surface area contributed by atoms with Gasteiger partial charge < -0.3 is 15.6 Å². The van der Waals surface area contributed by atoms with Gasteiger partial charge >= 0.3 is 0 Å². The Morgan fingerprint density at radius 1 is 1.47 bits per heavy atom. The number of benzene rings is 1. The van der Waals surface area contributed by atoms with Crippen LogP contribution < -0.4 is 10.5 Å². The largest absolute Gasteiger partial charge is 0.503 e. The van der Waals surface area contributed by atoms with E-state index >= 15 is 0 Å². The van der Waals surface area contributed by atoms with Gasteiger partial charge in [0.2, 0.25) is 5.91 Å². The molecule has 0 heterocycles. The first-order valence-corrected chi connectivity index (χ1v) is 6.92. The number of phenolic OH excluding ortho intramolecular Hbond substituents is 1. The number of carbonyl (C=O) groups is 1. The number of carbonyl (C=O) groups excluding carboxylic acids is 1. The molecule has 1 rings (SSSR count). The second kappa shape index (κ2) is 7.35. The van der Waals surface area contributed by atoms with Gasteiger partial charge in [-0.15, -0.1) is 0 Å². The van der Waals surface area contributed by atoms with E-state index in [4.69, 9.17) is 10.5 Å². The van der Waals surface area contributed by atoms with Crippen molar-refractivity contribution in [2.24, 2.45) is 5.73 Å². The highest BCUT2D eigenvalue weighted by Gasteiger charge is 2.12. The molecule has 3 N–H and O–H groups in total. The second-order valence-electron chi connectivity index (χ2n) is 4.13. The minimum absolute atomic E-state index is 0.0866. The van der Waals surface area contributed by atoms with Crippen molar-refractivity contribution >= 4 is 21.8 Å². The van der Waals surface area contributed by atoms with Crippen LogP contribution in [-0.2, 0) is 11.3 Å². The third kappa shape index (κ3) is 4.72. The molecule has 0 spiro atoms. The predicted octanol–water partition coefficient (Wildman–Crippen LogP) is 1.86. The van der Waals surface area contributed by atoms with Crippen LogP contribution in [0.4, 0.5) is 0 Å². The van der Waals surface area contributed by atoms with Gasteiger partial charge in [-0.1, -0.05) is 6.92 Å². The Morgan fingerprint density at radius 3 is 2.68 bits per heavy atom. The number of aromatic hydroxyl groups is 1. The molecule has 1 aromatic carbocycles. The Bertz CT molecular complexity index is 452. The summed E-state index contributed by atoms with van der Waals surface area (Å²) in [6.45, 7) is 5.78. The van der Waals surface area contributed by atoms with Crippen LogP contribution in [0.15, 0.2) is 16.6 Å². The van der Waals surface area contributed by atoms with Gasteiger partial charge in [-0.2, -0.15) is 0 Å². The van der Waals surface area contributed by atoms with E-state index in [0.717, 1.165) is 5.56 Å². The predicted molar refractivity (Wildman–Crippen MR) is 77.1 cm³/mol. The van der Waals surface area contributed by atoms with Crippen molar-refractivity contribution in [1.82, 2.24) is 4.90 Å². The number of likely N-dealkylation sites (N-methyl/N-ethyl adjacent to an activating group) is 1. The summed E-state index contributed by atoms with van der Waals surface area (Å²) in [6, 6.07) is 3.58. The smallest absolute Gasteiger partial charge is 0.231 e. The van der Waals surface area contributed by atoms with Crippen molar-refractivity contribution in [2.75, 3.05) is 19.7 Å². The summed E-state index contributed by atoms with van der Waals surface area (Å²) in [4.78, 5) is 12.9. The number of hydrogen-bond acceptors (Lipinski definition) is 4. The second-order valence-corrected chi connectivity index (χ2v) is 4.98. The molecule has 0 radical (unpaired) electrons. The zero-order valence-electron chi connectivity index (χ0n) is 11.1. The lowest BCUT2D eigenvalue weighted by molar-refractivity contribution is -0.119. The average molecular weight is 331 g/mol. The summed E-state index contributed by atoms with van der Waals surface area (Å²) in [5.41, 5.74) is 6.14. The Kier molecular flexibility index (Phi) is 6.11. The van der Waals surface area contributed by atoms with E-state index in [-0.39, 0.29) is 18.2 Å². The zero-order valence-corrected chi connectivity index (χ0v) is 12.7. The van der Waals surface area contributed by atoms with E-state index < -0.39 is 0 Å². The summed E-state index contributed by atoms with van der Waals surface area (Å²) in [5, 5.41) is 9.83. The fraction of sp³-hybridized carbons (Fsp3) is 0.462. The normalized spacial score (nSPS) is 10.7. The van der Waals surface area contributed by atoms with Gasteiger partial charge in [0.15, 0.2) is 11.5 Å². The molecular formula is C13H19BrN2O3. The maximum atomic E-state index is 11.0. The number of ether oxygens (including phenoxy) is 1. The summed E-state index contributed by atoms with van der Waals surface area (Å²) in [6.07, 6.45) is 0. The number of halogens is 1. The van der Waals surface area contributed by atoms with Crippen LogP contribution in [0.2, 0.25) is 0 Å². The molecule has 0 aliphatic rings. The van der Waals surface area contributed by atoms with Crippen molar-refractivity contribution in [1.29, 1.82) is 0 Å². The van der Waals surface area contributed by atoms with Gasteiger partial charge in [-0.05, 0) is 47.1 Å². The third-order valence-electron chi connectivity index (χ3n) is 2.62. The lowest BCUT2D eigenvalue weighted by Gasteiger charge is -2.19. The van der Waals surface area contributed by atoms with Crippen molar-refractivity contribution in [3.63, 3.8) is 0 Å². The number of nitrogens with two attached hydrogens (primary N) is 1. The van der Waals surface area contributed by atoms with Crippen LogP contribution in [0.25, 0.3) is 0 Å². The van der Waals surface area contributed by atoms with Gasteiger partial charge in [-0.3, -0.25) is 9.69 Å². The number of amides is 1. The number of phenols is 1. The third-order valence-corrected chi connectivity index (χ3v) is 3.23. The van der Waals surface area contributed by atoms with Crippen LogP contribution >= 0.6 is 15.9 Å². The van der Waals surface area contributed by atoms with E-state index in [2.05, 4.69) is 15.9 Å². The molecule has 0 atom stereocenters. The lowest BCUT2D eigenvalue weighted by atomic mass is 10.2. The number of hydrogen-bond donors (Lipinski definition) is 2. The minimum Gasteiger partial charge on any atom is -0.503 e. The van der Waals surface area contributed by atoms with Crippen molar-refractivity contribution in [3.8, 4) is 11.5 Å². The topological polar surface area (TPSA) is 75.8 Å². The molecule has 0 aromatic heterocycles. The van der Waals surface area contributed by atoms with E-state index in [1.807, 2.05) is 24.8 Å². The van der Waals surface area contributed by atoms with E-state index in [9.17, 15) is 9.90 Å². The van der Waals surface area contributed by atoms with Gasteiger partial charge in [0.05, 0.1) is 17.6 Å². The number of primary amides is 1. The molecule has 6 heteroatoms. The fourth-order valence-corrected chi connectivity index (χ4v) is 2.23. The molecule has 5 nitrogen and oxygen atoms in total. The Labute approximate surface area is 121 Å². The Morgan fingerprint density at radius 2 is 2.16 bits per heavy atom. The molecule has 0 aliphatic heterocycles. The zero-order chi connectivity index (χ0) is 14.4. The van der Waals surface area contributed by atoms with E-state index in [1.54, 1.807) is 6.07 Å². The molecule has 0 bridgehead atoms. The van der Waals surface area contributed by atoms with E-state index in [0.29, 0.717) is 29.9 Å². The molecule has 106 valence electrons. The van der Waals surface area contributed by atoms with Gasteiger partial charge in [0.1, 0.15) is 0 Å². The Hall–Kier alpha value is -1.27. The highest BCUT2D eigenvalue weighted by atomic mass is 79.9. The quantitative estimate of drug-likeness (QED) is 0.800. The number of rotatable bonds is 7. The standard InChI is InChI=1S/C13H19BrN2O3/c1-3-16(8-12(15)17)7-9-5-10(14)13(18)11(6-9)19-4-2/h5-6,18H,3-4,7-8H2,1-2H3,(H2,15,17). The molecule has 1 aromatic rings. The minimum atomic E-state index is -0.357. The van der Waals surface area contributed by atoms with Crippen molar-refractivity contribution in [3.05, 3.63) is 22.2 Å². The van der Waals surface area contributed by atoms with Gasteiger partial charge in [-0.25, -0.2) is 0 Å². The molecule has 0 aliphatic carbocycles. The first kappa shape index (κ1) is 15.8. The van der Waals surface area contributed by atoms with Crippen molar-refractivity contribution in [2.45, 2.75) is 20.4 Å². The molecule has 1 amide bonds. The molecule has 0 unspecified atom stereocenters. The van der Waals surface area contributed by atoms with Crippen LogP contribution in [-0.4, -0.2) is 35.6 Å². The monoisotopic (exact) mass is 330 g/mol. The van der Waals surface area contributed by atoms with Crippen LogP contribution in [0.3, 0.4) is 0 Å². The summed E-state index contributed by atoms with van der Waals surface area (Å²) < 4.78 is 5.94. The fourth-order valence-electron chi connectivity index (χ4n) is 1.74. The van der Waals surface area contributed by atoms with Crippen LogP contribution in [0.1, 0.15) is 19.4 Å². The highest BCUT2D eigenvalue weighted by Crippen LogP contribution is 2.35. The maximum absolute atomic E-state index is 11.0. The average Bonchev–Trinajstić information content (AvgIpc) is 2.34. The summed E-state index contributed by atoms with van der Waals surface area (Å²) >= 11 is 3.29. The first-order valence-electron chi connectivity index (χ1n) is 6.12.